The zero-order valence-electron chi connectivity index (χ0n) is 10.3. The van der Waals surface area contributed by atoms with Crippen molar-refractivity contribution in [3.8, 4) is 0 Å². The van der Waals surface area contributed by atoms with E-state index in [1.165, 1.54) is 0 Å². The molecule has 0 spiro atoms. The average molecular weight is 241 g/mol. The Morgan fingerprint density at radius 2 is 2.24 bits per heavy atom. The molecule has 0 fully saturated rings. The Kier molecular flexibility index (Phi) is 5.72. The summed E-state index contributed by atoms with van der Waals surface area (Å²) in [6.07, 6.45) is 1.84. The zero-order valence-corrected chi connectivity index (χ0v) is 10.3. The maximum Gasteiger partial charge on any atom is 0.355 e. The van der Waals surface area contributed by atoms with Gasteiger partial charge in [-0.25, -0.2) is 4.79 Å². The molecular weight excluding hydrogens is 222 g/mol. The Bertz CT molecular complexity index is 359. The Morgan fingerprint density at radius 1 is 1.47 bits per heavy atom. The third kappa shape index (κ3) is 3.87. The number of aliphatic hydroxyl groups is 1. The topological polar surface area (TPSA) is 60.7 Å². The van der Waals surface area contributed by atoms with Gasteiger partial charge >= 0.3 is 5.97 Å². The minimum Gasteiger partial charge on any atom is -0.461 e. The highest BCUT2D eigenvalue weighted by atomic mass is 16.5. The molecule has 1 rings (SSSR count). The van der Waals surface area contributed by atoms with Gasteiger partial charge in [0.2, 0.25) is 0 Å². The molecule has 17 heavy (non-hydrogen) atoms. The number of aromatic nitrogens is 1. The number of nitrogens with zero attached hydrogens (tertiary/aromatic N) is 1. The lowest BCUT2D eigenvalue weighted by molar-refractivity contribution is 0.0505. The van der Waals surface area contributed by atoms with E-state index in [0.717, 1.165) is 5.56 Å². The Labute approximate surface area is 101 Å². The van der Waals surface area contributed by atoms with E-state index < -0.39 is 0 Å². The van der Waals surface area contributed by atoms with Gasteiger partial charge in [0.05, 0.1) is 26.4 Å². The second kappa shape index (κ2) is 7.09. The molecule has 0 unspecified atom stereocenters. The van der Waals surface area contributed by atoms with E-state index in [-0.39, 0.29) is 12.6 Å². The fraction of sp³-hybridized carbons (Fsp3) is 0.583. The van der Waals surface area contributed by atoms with Crippen LogP contribution in [0.3, 0.4) is 0 Å². The summed E-state index contributed by atoms with van der Waals surface area (Å²) in [4.78, 5) is 11.7. The fourth-order valence-corrected chi connectivity index (χ4v) is 1.58. The first-order valence-corrected chi connectivity index (χ1v) is 5.72. The molecule has 1 aromatic rings. The third-order valence-electron chi connectivity index (χ3n) is 2.35. The molecule has 0 aliphatic heterocycles. The number of hydrogen-bond acceptors (Lipinski definition) is 4. The first-order chi connectivity index (χ1) is 8.20. The number of rotatable bonds is 7. The van der Waals surface area contributed by atoms with Crippen molar-refractivity contribution in [1.82, 2.24) is 4.57 Å². The number of carbonyl (C=O) groups is 1. The van der Waals surface area contributed by atoms with Crippen molar-refractivity contribution in [3.63, 3.8) is 0 Å². The largest absolute Gasteiger partial charge is 0.461 e. The highest BCUT2D eigenvalue weighted by molar-refractivity contribution is 5.89. The summed E-state index contributed by atoms with van der Waals surface area (Å²) in [5.41, 5.74) is 1.46. The first-order valence-electron chi connectivity index (χ1n) is 5.72. The van der Waals surface area contributed by atoms with E-state index in [0.29, 0.717) is 32.1 Å². The summed E-state index contributed by atoms with van der Waals surface area (Å²) in [7, 11) is 0. The zero-order chi connectivity index (χ0) is 12.7. The van der Waals surface area contributed by atoms with Crippen LogP contribution in [0.15, 0.2) is 12.3 Å². The number of carbonyl (C=O) groups excluding carboxylic acids is 1. The predicted molar refractivity (Wildman–Crippen MR) is 63.0 cm³/mol. The molecule has 1 aromatic heterocycles. The SMILES string of the molecule is CCOC(=O)c1c(C)ccn1CCOCCO. The van der Waals surface area contributed by atoms with Crippen molar-refractivity contribution < 1.29 is 19.4 Å². The summed E-state index contributed by atoms with van der Waals surface area (Å²) in [5, 5.41) is 8.57. The summed E-state index contributed by atoms with van der Waals surface area (Å²) in [6, 6.07) is 1.87. The van der Waals surface area contributed by atoms with Crippen LogP contribution in [0.4, 0.5) is 0 Å². The van der Waals surface area contributed by atoms with E-state index in [9.17, 15) is 4.79 Å². The number of hydrogen-bond donors (Lipinski definition) is 1. The number of ether oxygens (including phenoxy) is 2. The lowest BCUT2D eigenvalue weighted by Gasteiger charge is -2.09. The molecule has 0 aromatic carbocycles. The first kappa shape index (κ1) is 13.7. The lowest BCUT2D eigenvalue weighted by atomic mass is 10.3. The highest BCUT2D eigenvalue weighted by Crippen LogP contribution is 2.11. The van der Waals surface area contributed by atoms with Crippen LogP contribution in [0.25, 0.3) is 0 Å². The molecule has 0 aliphatic rings. The van der Waals surface area contributed by atoms with Gasteiger partial charge in [0, 0.05) is 12.7 Å². The van der Waals surface area contributed by atoms with Crippen LogP contribution in [0.5, 0.6) is 0 Å². The van der Waals surface area contributed by atoms with Crippen molar-refractivity contribution in [1.29, 1.82) is 0 Å². The van der Waals surface area contributed by atoms with Crippen LogP contribution in [0.2, 0.25) is 0 Å². The maximum atomic E-state index is 11.7. The molecule has 0 saturated heterocycles. The van der Waals surface area contributed by atoms with Crippen LogP contribution >= 0.6 is 0 Å². The Balaban J connectivity index is 2.62. The highest BCUT2D eigenvalue weighted by Gasteiger charge is 2.15. The van der Waals surface area contributed by atoms with Crippen molar-refractivity contribution in [2.24, 2.45) is 0 Å². The average Bonchev–Trinajstić information content (AvgIpc) is 2.66. The van der Waals surface area contributed by atoms with E-state index >= 15 is 0 Å². The van der Waals surface area contributed by atoms with Crippen molar-refractivity contribution in [2.75, 3.05) is 26.4 Å². The lowest BCUT2D eigenvalue weighted by Crippen LogP contribution is -2.16. The second-order valence-corrected chi connectivity index (χ2v) is 3.60. The number of esters is 1. The van der Waals surface area contributed by atoms with E-state index in [2.05, 4.69) is 0 Å². The van der Waals surface area contributed by atoms with Gasteiger partial charge in [-0.3, -0.25) is 0 Å². The molecule has 0 bridgehead atoms. The molecule has 0 saturated carbocycles. The van der Waals surface area contributed by atoms with Crippen LogP contribution in [-0.4, -0.2) is 42.1 Å². The summed E-state index contributed by atoms with van der Waals surface area (Å²) >= 11 is 0. The van der Waals surface area contributed by atoms with Crippen LogP contribution in [-0.2, 0) is 16.0 Å². The van der Waals surface area contributed by atoms with Crippen LogP contribution in [0.1, 0.15) is 23.0 Å². The van der Waals surface area contributed by atoms with E-state index in [1.807, 2.05) is 23.8 Å². The monoisotopic (exact) mass is 241 g/mol. The molecule has 0 amide bonds. The molecule has 0 radical (unpaired) electrons. The van der Waals surface area contributed by atoms with Crippen LogP contribution < -0.4 is 0 Å². The molecule has 1 N–H and O–H groups in total. The van der Waals surface area contributed by atoms with Gasteiger partial charge in [0.25, 0.3) is 0 Å². The van der Waals surface area contributed by atoms with Gasteiger partial charge in [0.1, 0.15) is 5.69 Å². The molecule has 0 atom stereocenters. The van der Waals surface area contributed by atoms with Gasteiger partial charge in [-0.1, -0.05) is 0 Å². The summed E-state index contributed by atoms with van der Waals surface area (Å²) in [6.45, 7) is 5.38. The Hall–Kier alpha value is -1.33. The normalized spacial score (nSPS) is 10.5. The van der Waals surface area contributed by atoms with Gasteiger partial charge in [-0.2, -0.15) is 0 Å². The standard InChI is InChI=1S/C12H19NO4/c1-3-17-12(15)11-10(2)4-5-13(11)6-8-16-9-7-14/h4-5,14H,3,6-9H2,1-2H3. The predicted octanol–water partition coefficient (Wildman–Crippen LogP) is 0.982. The molecular formula is C12H19NO4. The molecule has 5 heteroatoms. The van der Waals surface area contributed by atoms with Gasteiger partial charge < -0.3 is 19.1 Å². The van der Waals surface area contributed by atoms with Crippen molar-refractivity contribution >= 4 is 5.97 Å². The van der Waals surface area contributed by atoms with Crippen LogP contribution in [0, 0.1) is 6.92 Å². The third-order valence-corrected chi connectivity index (χ3v) is 2.35. The molecule has 1 heterocycles. The summed E-state index contributed by atoms with van der Waals surface area (Å²) in [5.74, 6) is -0.308. The van der Waals surface area contributed by atoms with Gasteiger partial charge in [0.15, 0.2) is 0 Å². The van der Waals surface area contributed by atoms with E-state index in [1.54, 1.807) is 6.92 Å². The quantitative estimate of drug-likeness (QED) is 0.571. The Morgan fingerprint density at radius 3 is 2.88 bits per heavy atom. The van der Waals surface area contributed by atoms with E-state index in [4.69, 9.17) is 14.6 Å². The molecule has 96 valence electrons. The van der Waals surface area contributed by atoms with Crippen molar-refractivity contribution in [2.45, 2.75) is 20.4 Å². The molecule has 0 aliphatic carbocycles. The fourth-order valence-electron chi connectivity index (χ4n) is 1.58. The minimum atomic E-state index is -0.308. The summed E-state index contributed by atoms with van der Waals surface area (Å²) < 4.78 is 12.0. The smallest absolute Gasteiger partial charge is 0.355 e. The van der Waals surface area contributed by atoms with Gasteiger partial charge in [-0.15, -0.1) is 0 Å². The molecule has 5 nitrogen and oxygen atoms in total. The minimum absolute atomic E-state index is 0.00936. The maximum absolute atomic E-state index is 11.7. The second-order valence-electron chi connectivity index (χ2n) is 3.60. The number of aryl methyl sites for hydroxylation is 1. The van der Waals surface area contributed by atoms with Gasteiger partial charge in [-0.05, 0) is 25.5 Å². The van der Waals surface area contributed by atoms with Crippen molar-refractivity contribution in [3.05, 3.63) is 23.5 Å². The number of aliphatic hydroxyl groups excluding tert-OH is 1.